The van der Waals surface area contributed by atoms with E-state index in [1.165, 1.54) is 4.90 Å². The smallest absolute Gasteiger partial charge is 0.255 e. The summed E-state index contributed by atoms with van der Waals surface area (Å²) in [5.74, 6) is 0.807. The number of nitrogens with one attached hydrogen (secondary N) is 1. The molecule has 5 aliphatic rings. The first-order valence-electron chi connectivity index (χ1n) is 10.3. The molecule has 3 fully saturated rings. The van der Waals surface area contributed by atoms with Gasteiger partial charge in [-0.1, -0.05) is 12.2 Å². The van der Waals surface area contributed by atoms with Gasteiger partial charge in [-0.25, -0.2) is 0 Å². The Balaban J connectivity index is 1.23. The van der Waals surface area contributed by atoms with Gasteiger partial charge in [0.25, 0.3) is 5.91 Å². The van der Waals surface area contributed by atoms with Crippen molar-refractivity contribution < 1.29 is 14.4 Å². The summed E-state index contributed by atoms with van der Waals surface area (Å²) in [6, 6.07) is 14.3. The fourth-order valence-corrected chi connectivity index (χ4v) is 6.07. The summed E-state index contributed by atoms with van der Waals surface area (Å²) in [5, 5.41) is 2.86. The highest BCUT2D eigenvalue weighted by atomic mass is 127. The predicted octanol–water partition coefficient (Wildman–Crippen LogP) is 4.10. The van der Waals surface area contributed by atoms with Crippen LogP contribution in [0.3, 0.4) is 0 Å². The Bertz CT molecular complexity index is 1070. The van der Waals surface area contributed by atoms with Crippen LogP contribution < -0.4 is 10.2 Å². The topological polar surface area (TPSA) is 66.5 Å². The highest BCUT2D eigenvalue weighted by molar-refractivity contribution is 14.1. The van der Waals surface area contributed by atoms with E-state index < -0.39 is 0 Å². The van der Waals surface area contributed by atoms with Gasteiger partial charge in [0.05, 0.1) is 17.5 Å². The second-order valence-corrected chi connectivity index (χ2v) is 9.92. The summed E-state index contributed by atoms with van der Waals surface area (Å²) in [6.07, 6.45) is 5.50. The van der Waals surface area contributed by atoms with Crippen LogP contribution in [0.4, 0.5) is 11.4 Å². The number of hydrogen-bond donors (Lipinski definition) is 1. The Kier molecular flexibility index (Phi) is 3.97. The lowest BCUT2D eigenvalue weighted by Crippen LogP contribution is -2.40. The second-order valence-electron chi connectivity index (χ2n) is 8.67. The van der Waals surface area contributed by atoms with Crippen molar-refractivity contribution in [1.82, 2.24) is 0 Å². The summed E-state index contributed by atoms with van der Waals surface area (Å²) >= 11 is 2.21. The molecule has 0 unspecified atom stereocenters. The molecule has 1 aliphatic heterocycles. The third-order valence-electron chi connectivity index (χ3n) is 7.15. The molecule has 30 heavy (non-hydrogen) atoms. The predicted molar refractivity (Wildman–Crippen MR) is 121 cm³/mol. The molecule has 1 saturated heterocycles. The molecule has 0 aromatic heterocycles. The Morgan fingerprint density at radius 1 is 0.867 bits per heavy atom. The molecule has 2 aromatic carbocycles. The number of hydrogen-bond acceptors (Lipinski definition) is 3. The Morgan fingerprint density at radius 2 is 1.43 bits per heavy atom. The van der Waals surface area contributed by atoms with Gasteiger partial charge in [-0.05, 0) is 101 Å². The molecule has 7 rings (SSSR count). The lowest BCUT2D eigenvalue weighted by Gasteiger charge is -2.37. The average Bonchev–Trinajstić information content (AvgIpc) is 3.53. The highest BCUT2D eigenvalue weighted by Gasteiger charge is 2.67. The SMILES string of the molecule is O=C(Nc1ccc(I)cc1)c1ccc(N2C(=O)[C@@H]3[C@H]4C=C[C@@H]([C@@H]5C[C@@H]45)[C@H]3C2=O)cc1. The van der Waals surface area contributed by atoms with Crippen molar-refractivity contribution in [3.63, 3.8) is 0 Å². The van der Waals surface area contributed by atoms with Crippen LogP contribution >= 0.6 is 22.6 Å². The minimum Gasteiger partial charge on any atom is -0.322 e. The number of halogens is 1. The maximum absolute atomic E-state index is 13.2. The minimum atomic E-state index is -0.224. The van der Waals surface area contributed by atoms with Crippen molar-refractivity contribution in [3.8, 4) is 0 Å². The third-order valence-corrected chi connectivity index (χ3v) is 7.87. The number of imide groups is 1. The minimum absolute atomic E-state index is 0.0780. The molecule has 2 aromatic rings. The maximum atomic E-state index is 13.2. The van der Waals surface area contributed by atoms with Crippen LogP contribution in [0.25, 0.3) is 0 Å². The van der Waals surface area contributed by atoms with E-state index in [1.54, 1.807) is 24.3 Å². The number of nitrogens with zero attached hydrogens (tertiary/aromatic N) is 1. The van der Waals surface area contributed by atoms with Gasteiger partial charge in [0.15, 0.2) is 0 Å². The van der Waals surface area contributed by atoms with Gasteiger partial charge >= 0.3 is 0 Å². The monoisotopic (exact) mass is 510 g/mol. The molecule has 6 atom stereocenters. The quantitative estimate of drug-likeness (QED) is 0.384. The van der Waals surface area contributed by atoms with Crippen molar-refractivity contribution in [3.05, 3.63) is 69.8 Å². The zero-order chi connectivity index (χ0) is 20.6. The van der Waals surface area contributed by atoms with Crippen molar-refractivity contribution in [2.24, 2.45) is 35.5 Å². The number of allylic oxidation sites excluding steroid dienone is 2. The van der Waals surface area contributed by atoms with Crippen LogP contribution in [0, 0.1) is 39.1 Å². The van der Waals surface area contributed by atoms with Crippen molar-refractivity contribution >= 4 is 51.7 Å². The molecule has 1 heterocycles. The van der Waals surface area contributed by atoms with Crippen LogP contribution in [-0.4, -0.2) is 17.7 Å². The number of rotatable bonds is 3. The number of amides is 3. The first-order valence-corrected chi connectivity index (χ1v) is 11.3. The van der Waals surface area contributed by atoms with Crippen LogP contribution in [0.5, 0.6) is 0 Å². The summed E-state index contributed by atoms with van der Waals surface area (Å²) in [7, 11) is 0. The molecule has 3 amide bonds. The Labute approximate surface area is 187 Å². The highest BCUT2D eigenvalue weighted by Crippen LogP contribution is 2.65. The van der Waals surface area contributed by atoms with Gasteiger partial charge < -0.3 is 5.32 Å². The molecule has 2 saturated carbocycles. The van der Waals surface area contributed by atoms with E-state index in [4.69, 9.17) is 0 Å². The molecule has 1 N–H and O–H groups in total. The van der Waals surface area contributed by atoms with Crippen molar-refractivity contribution in [2.45, 2.75) is 6.42 Å². The van der Waals surface area contributed by atoms with E-state index in [1.807, 2.05) is 24.3 Å². The summed E-state index contributed by atoms with van der Waals surface area (Å²) in [6.45, 7) is 0. The normalized spacial score (nSPS) is 32.8. The first-order chi connectivity index (χ1) is 14.5. The van der Waals surface area contributed by atoms with Crippen molar-refractivity contribution in [1.29, 1.82) is 0 Å². The van der Waals surface area contributed by atoms with Gasteiger partial charge in [0.1, 0.15) is 0 Å². The summed E-state index contributed by atoms with van der Waals surface area (Å²) in [4.78, 5) is 40.3. The summed E-state index contributed by atoms with van der Waals surface area (Å²) < 4.78 is 1.09. The van der Waals surface area contributed by atoms with Crippen LogP contribution in [0.15, 0.2) is 60.7 Å². The first kappa shape index (κ1) is 18.3. The largest absolute Gasteiger partial charge is 0.322 e. The zero-order valence-corrected chi connectivity index (χ0v) is 18.2. The van der Waals surface area contributed by atoms with E-state index in [0.29, 0.717) is 23.1 Å². The Morgan fingerprint density at radius 3 is 2.00 bits per heavy atom. The van der Waals surface area contributed by atoms with Gasteiger partial charge in [-0.15, -0.1) is 0 Å². The fraction of sp³-hybridized carbons (Fsp3) is 0.292. The van der Waals surface area contributed by atoms with Crippen LogP contribution in [0.2, 0.25) is 0 Å². The molecule has 0 spiro atoms. The second kappa shape index (κ2) is 6.51. The van der Waals surface area contributed by atoms with Gasteiger partial charge in [0.2, 0.25) is 11.8 Å². The molecule has 5 nitrogen and oxygen atoms in total. The van der Waals surface area contributed by atoms with E-state index in [0.717, 1.165) is 15.7 Å². The molecule has 150 valence electrons. The van der Waals surface area contributed by atoms with Gasteiger partial charge in [-0.3, -0.25) is 19.3 Å². The van der Waals surface area contributed by atoms with Gasteiger partial charge in [0, 0.05) is 14.8 Å². The lowest BCUT2D eigenvalue weighted by atomic mass is 9.63. The average molecular weight is 510 g/mol. The number of benzene rings is 2. The number of anilines is 2. The molecule has 0 radical (unpaired) electrons. The molecule has 6 heteroatoms. The Hall–Kier alpha value is -2.48. The standard InChI is InChI=1S/C24H19IN2O3/c25-13-3-5-14(6-4-13)26-22(28)12-1-7-15(8-2-12)27-23(29)20-16-9-10-17(19-11-18(16)19)21(20)24(27)30/h1-10,16-21H,11H2,(H,26,28)/t16-,17-,18-,19-,20+,21+/m0/s1. The van der Waals surface area contributed by atoms with Gasteiger partial charge in [-0.2, -0.15) is 0 Å². The molecule has 2 bridgehead atoms. The van der Waals surface area contributed by atoms with Crippen molar-refractivity contribution in [2.75, 3.05) is 10.2 Å². The lowest BCUT2D eigenvalue weighted by molar-refractivity contribution is -0.124. The van der Waals surface area contributed by atoms with Crippen LogP contribution in [0.1, 0.15) is 16.8 Å². The molecule has 4 aliphatic carbocycles. The van der Waals surface area contributed by atoms with E-state index in [9.17, 15) is 14.4 Å². The molecular formula is C24H19IN2O3. The number of carbonyl (C=O) groups is 3. The number of carbonyl (C=O) groups excluding carboxylic acids is 3. The third kappa shape index (κ3) is 2.62. The fourth-order valence-electron chi connectivity index (χ4n) is 5.71. The summed E-state index contributed by atoms with van der Waals surface area (Å²) in [5.41, 5.74) is 1.76. The van der Waals surface area contributed by atoms with E-state index in [-0.39, 0.29) is 41.4 Å². The zero-order valence-electron chi connectivity index (χ0n) is 16.0. The van der Waals surface area contributed by atoms with E-state index in [2.05, 4.69) is 40.1 Å². The van der Waals surface area contributed by atoms with E-state index >= 15 is 0 Å². The molecular weight excluding hydrogens is 491 g/mol. The van der Waals surface area contributed by atoms with Crippen LogP contribution in [-0.2, 0) is 9.59 Å². The maximum Gasteiger partial charge on any atom is 0.255 e.